The average Bonchev–Trinajstić information content (AvgIpc) is 3.99. The van der Waals surface area contributed by atoms with E-state index in [1.165, 1.54) is 30.6 Å². The first-order chi connectivity index (χ1) is 32.4. The van der Waals surface area contributed by atoms with Crippen LogP contribution < -0.4 is 60.2 Å². The first-order valence-corrected chi connectivity index (χ1v) is 23.4. The van der Waals surface area contributed by atoms with Crippen LogP contribution in [0.4, 0.5) is 0 Å². The second-order valence-electron chi connectivity index (χ2n) is 17.5. The Morgan fingerprint density at radius 3 is 1.70 bits per heavy atom. The van der Waals surface area contributed by atoms with E-state index >= 15 is 0 Å². The number of guanidine groups is 1. The van der Waals surface area contributed by atoms with Gasteiger partial charge in [-0.15, -0.1) is 0 Å². The molecule has 0 aromatic carbocycles. The smallest absolute Gasteiger partial charge is 0.245 e. The number of amides is 11. The van der Waals surface area contributed by atoms with Crippen LogP contribution in [0.15, 0.2) is 4.99 Å². The number of carbonyl (C=O) groups is 11. The standard InChI is InChI=1S/C43H74N14O12/c1-7-12-27(53-40(67)34(24(5)58)55-39(66)33(22(3)8-2)54-36(63)26(16-17-31(44)60)51-32(61)21-49-25(6)59)41(68)57-20-11-15-30(57)38(65)52-28(13-9-18-48-43(46)47)42(69)56-19-10-14-29(56)37(64)50-23(4)35(45)62/h22-24,26-30,33-34,58H,7-21H2,1-6H3,(H2,44,60)(H2,45,62)(H,49,59)(H,50,64)(H,51,61)(H,52,65)(H,53,67)(H,54,63)(H,55,66)(H4,46,47,48)/t22-,23+,24+,26-,27-,28-,29-,30+,33+,34-/m0/s1. The number of nitrogens with two attached hydrogens (primary N) is 4. The van der Waals surface area contributed by atoms with Crippen LogP contribution in [0.5, 0.6) is 0 Å². The fraction of sp³-hybridized carbons (Fsp3) is 0.721. The summed E-state index contributed by atoms with van der Waals surface area (Å²) in [5, 5.41) is 28.4. The Morgan fingerprint density at radius 2 is 1.20 bits per heavy atom. The largest absolute Gasteiger partial charge is 0.391 e. The maximum Gasteiger partial charge on any atom is 0.245 e. The molecule has 0 saturated carbocycles. The Hall–Kier alpha value is -6.60. The number of nitrogens with zero attached hydrogens (tertiary/aromatic N) is 3. The zero-order valence-corrected chi connectivity index (χ0v) is 40.5. The predicted molar refractivity (Wildman–Crippen MR) is 249 cm³/mol. The molecule has 2 heterocycles. The average molecular weight is 979 g/mol. The number of hydrogen-bond acceptors (Lipinski definition) is 13. The number of aliphatic hydroxyl groups is 1. The Bertz CT molecular complexity index is 1900. The quantitative estimate of drug-likeness (QED) is 0.0199. The topological polar surface area (TPSA) is 415 Å². The Labute approximate surface area is 401 Å². The number of aliphatic hydroxyl groups excluding tert-OH is 1. The summed E-state index contributed by atoms with van der Waals surface area (Å²) >= 11 is 0. The summed E-state index contributed by atoms with van der Waals surface area (Å²) in [6, 6.07) is -9.78. The van der Waals surface area contributed by atoms with Crippen molar-refractivity contribution in [3.8, 4) is 0 Å². The highest BCUT2D eigenvalue weighted by Crippen LogP contribution is 2.23. The minimum Gasteiger partial charge on any atom is -0.391 e. The Kier molecular flexibility index (Phi) is 24.3. The molecule has 0 bridgehead atoms. The molecule has 2 saturated heterocycles. The van der Waals surface area contributed by atoms with Gasteiger partial charge in [0.15, 0.2) is 5.96 Å². The molecular formula is C43H74N14O12. The van der Waals surface area contributed by atoms with Crippen molar-refractivity contribution in [3.05, 3.63) is 0 Å². The van der Waals surface area contributed by atoms with E-state index in [1.54, 1.807) is 20.8 Å². The maximum absolute atomic E-state index is 14.3. The number of hydrogen-bond donors (Lipinski definition) is 12. The summed E-state index contributed by atoms with van der Waals surface area (Å²) in [7, 11) is 0. The molecule has 0 spiro atoms. The van der Waals surface area contributed by atoms with Gasteiger partial charge in [-0.05, 0) is 71.1 Å². The zero-order valence-electron chi connectivity index (χ0n) is 40.5. The number of carbonyl (C=O) groups excluding carboxylic acids is 11. The summed E-state index contributed by atoms with van der Waals surface area (Å²) in [5.41, 5.74) is 21.6. The second-order valence-corrected chi connectivity index (χ2v) is 17.5. The van der Waals surface area contributed by atoms with Crippen LogP contribution >= 0.6 is 0 Å². The van der Waals surface area contributed by atoms with Crippen LogP contribution in [0.1, 0.15) is 112 Å². The van der Waals surface area contributed by atoms with Crippen LogP contribution in [0, 0.1) is 5.92 Å². The normalized spacial score (nSPS) is 18.9. The van der Waals surface area contributed by atoms with Crippen molar-refractivity contribution >= 4 is 70.9 Å². The van der Waals surface area contributed by atoms with Crippen molar-refractivity contribution in [2.45, 2.75) is 167 Å². The third-order valence-corrected chi connectivity index (χ3v) is 11.9. The van der Waals surface area contributed by atoms with E-state index in [4.69, 9.17) is 22.9 Å². The summed E-state index contributed by atoms with van der Waals surface area (Å²) in [4.78, 5) is 151. The molecular weight excluding hydrogens is 905 g/mol. The molecule has 0 aromatic rings. The fourth-order valence-electron chi connectivity index (χ4n) is 7.83. The van der Waals surface area contributed by atoms with Gasteiger partial charge in [-0.25, -0.2) is 0 Å². The molecule has 2 rings (SSSR count). The number of aliphatic imine (C=N–C) groups is 1. The molecule has 0 radical (unpaired) electrons. The molecule has 0 aromatic heterocycles. The summed E-state index contributed by atoms with van der Waals surface area (Å²) in [6.07, 6.45) is 0.377. The molecule has 0 aliphatic carbocycles. The minimum atomic E-state index is -1.66. The maximum atomic E-state index is 14.3. The van der Waals surface area contributed by atoms with E-state index in [9.17, 15) is 57.8 Å². The lowest BCUT2D eigenvalue weighted by Gasteiger charge is -2.33. The zero-order chi connectivity index (χ0) is 52.1. The van der Waals surface area contributed by atoms with Gasteiger partial charge in [0.25, 0.3) is 0 Å². The number of rotatable bonds is 28. The van der Waals surface area contributed by atoms with Gasteiger partial charge in [-0.1, -0.05) is 33.6 Å². The second kappa shape index (κ2) is 28.7. The number of nitrogens with one attached hydrogen (secondary N) is 7. The van der Waals surface area contributed by atoms with Gasteiger partial charge >= 0.3 is 0 Å². The number of likely N-dealkylation sites (tertiary alicyclic amines) is 2. The molecule has 0 unspecified atom stereocenters. The summed E-state index contributed by atoms with van der Waals surface area (Å²) in [5.74, 6) is -8.72. The van der Waals surface area contributed by atoms with E-state index < -0.39 is 132 Å². The molecule has 388 valence electrons. The monoisotopic (exact) mass is 979 g/mol. The van der Waals surface area contributed by atoms with Crippen LogP contribution in [0.25, 0.3) is 0 Å². The van der Waals surface area contributed by atoms with Gasteiger partial charge in [0.2, 0.25) is 65.0 Å². The highest BCUT2D eigenvalue weighted by molar-refractivity contribution is 5.99. The highest BCUT2D eigenvalue weighted by Gasteiger charge is 2.43. The Balaban J connectivity index is 2.31. The van der Waals surface area contributed by atoms with E-state index in [2.05, 4.69) is 42.2 Å². The van der Waals surface area contributed by atoms with Crippen molar-refractivity contribution in [1.29, 1.82) is 0 Å². The van der Waals surface area contributed by atoms with Gasteiger partial charge in [-0.3, -0.25) is 57.7 Å². The third kappa shape index (κ3) is 18.8. The fourth-order valence-corrected chi connectivity index (χ4v) is 7.83. The predicted octanol–water partition coefficient (Wildman–Crippen LogP) is -4.94. The van der Waals surface area contributed by atoms with Crippen LogP contribution in [0.2, 0.25) is 0 Å². The highest BCUT2D eigenvalue weighted by atomic mass is 16.3. The van der Waals surface area contributed by atoms with E-state index in [1.807, 2.05) is 0 Å². The molecule has 2 aliphatic heterocycles. The summed E-state index contributed by atoms with van der Waals surface area (Å²) in [6.45, 7) is 8.91. The van der Waals surface area contributed by atoms with Gasteiger partial charge in [0.1, 0.15) is 48.3 Å². The van der Waals surface area contributed by atoms with Gasteiger partial charge in [0.05, 0.1) is 12.6 Å². The lowest BCUT2D eigenvalue weighted by molar-refractivity contribution is -0.145. The van der Waals surface area contributed by atoms with E-state index in [-0.39, 0.29) is 64.1 Å². The van der Waals surface area contributed by atoms with Crippen molar-refractivity contribution in [1.82, 2.24) is 47.0 Å². The van der Waals surface area contributed by atoms with Crippen molar-refractivity contribution in [2.75, 3.05) is 26.2 Å². The molecule has 26 heteroatoms. The molecule has 69 heavy (non-hydrogen) atoms. The first-order valence-electron chi connectivity index (χ1n) is 23.4. The molecule has 11 amide bonds. The molecule has 16 N–H and O–H groups in total. The molecule has 2 fully saturated rings. The summed E-state index contributed by atoms with van der Waals surface area (Å²) < 4.78 is 0. The molecule has 10 atom stereocenters. The van der Waals surface area contributed by atoms with Crippen LogP contribution in [0.3, 0.4) is 0 Å². The molecule has 26 nitrogen and oxygen atoms in total. The lowest BCUT2D eigenvalue weighted by atomic mass is 9.96. The third-order valence-electron chi connectivity index (χ3n) is 11.9. The first kappa shape index (κ1) is 58.5. The molecule has 2 aliphatic rings. The van der Waals surface area contributed by atoms with E-state index in [0.29, 0.717) is 32.1 Å². The minimum absolute atomic E-state index is 0.0550. The van der Waals surface area contributed by atoms with E-state index in [0.717, 1.165) is 0 Å². The Morgan fingerprint density at radius 1 is 0.667 bits per heavy atom. The van der Waals surface area contributed by atoms with Crippen LogP contribution in [-0.4, -0.2) is 166 Å². The van der Waals surface area contributed by atoms with Crippen molar-refractivity contribution in [2.24, 2.45) is 33.8 Å². The van der Waals surface area contributed by atoms with Crippen LogP contribution in [-0.2, 0) is 52.7 Å². The lowest BCUT2D eigenvalue weighted by Crippen LogP contribution is -2.62. The van der Waals surface area contributed by atoms with Gasteiger partial charge < -0.3 is 75.1 Å². The van der Waals surface area contributed by atoms with Gasteiger partial charge in [-0.2, -0.15) is 0 Å². The van der Waals surface area contributed by atoms with Gasteiger partial charge in [0, 0.05) is 33.0 Å². The van der Waals surface area contributed by atoms with Crippen molar-refractivity contribution in [3.63, 3.8) is 0 Å². The SMILES string of the molecule is CCC[C@H](NC(=O)[C@@H](NC(=O)[C@H](NC(=O)[C@H](CCC(N)=O)NC(=O)CNC(C)=O)[C@@H](C)CC)[C@@H](C)O)C(=O)N1CCC[C@@H]1C(=O)N[C@@H](CCCN=C(N)N)C(=O)N1CCC[C@H]1C(=O)N[C@H](C)C(N)=O. The van der Waals surface area contributed by atoms with Crippen molar-refractivity contribution < 1.29 is 57.8 Å². The number of primary amides is 2.